The molecule has 0 radical (unpaired) electrons. The SMILES string of the molecule is CCOC(=O)CCN(Cc1ccc(S(N)(=O)=O)cc1)C(=O)C=C(C)C. The molecule has 0 aromatic heterocycles. The zero-order valence-electron chi connectivity index (χ0n) is 14.7. The number of carbonyl (C=O) groups excluding carboxylic acids is 2. The summed E-state index contributed by atoms with van der Waals surface area (Å²) in [5.74, 6) is -0.595. The molecule has 1 rings (SSSR count). The number of carbonyl (C=O) groups is 2. The Labute approximate surface area is 148 Å². The lowest BCUT2D eigenvalue weighted by atomic mass is 10.2. The van der Waals surface area contributed by atoms with Crippen molar-refractivity contribution in [2.75, 3.05) is 13.2 Å². The maximum Gasteiger partial charge on any atom is 0.307 e. The summed E-state index contributed by atoms with van der Waals surface area (Å²) >= 11 is 0. The van der Waals surface area contributed by atoms with Gasteiger partial charge in [-0.05, 0) is 38.5 Å². The molecule has 25 heavy (non-hydrogen) atoms. The standard InChI is InChI=1S/C17H24N2O5S/c1-4-24-17(21)9-10-19(16(20)11-13(2)3)12-14-5-7-15(8-6-14)25(18,22)23/h5-8,11H,4,9-10,12H2,1-3H3,(H2,18,22,23). The van der Waals surface area contributed by atoms with E-state index in [4.69, 9.17) is 9.88 Å². The van der Waals surface area contributed by atoms with Crippen LogP contribution in [0.4, 0.5) is 0 Å². The number of rotatable bonds is 8. The minimum Gasteiger partial charge on any atom is -0.466 e. The molecule has 1 amide bonds. The first-order valence-corrected chi connectivity index (χ1v) is 9.39. The normalized spacial score (nSPS) is 10.9. The van der Waals surface area contributed by atoms with Crippen molar-refractivity contribution in [1.82, 2.24) is 4.90 Å². The molecule has 0 aliphatic heterocycles. The highest BCUT2D eigenvalue weighted by molar-refractivity contribution is 7.89. The van der Waals surface area contributed by atoms with Gasteiger partial charge in [0.2, 0.25) is 15.9 Å². The van der Waals surface area contributed by atoms with Gasteiger partial charge in [0, 0.05) is 19.2 Å². The number of hydrogen-bond donors (Lipinski definition) is 1. The topological polar surface area (TPSA) is 107 Å². The average molecular weight is 368 g/mol. The Morgan fingerprint density at radius 2 is 1.80 bits per heavy atom. The van der Waals surface area contributed by atoms with E-state index >= 15 is 0 Å². The van der Waals surface area contributed by atoms with Crippen LogP contribution in [0.1, 0.15) is 32.8 Å². The average Bonchev–Trinajstić information content (AvgIpc) is 2.50. The summed E-state index contributed by atoms with van der Waals surface area (Å²) in [4.78, 5) is 25.4. The second-order valence-corrected chi connectivity index (χ2v) is 7.29. The Morgan fingerprint density at radius 3 is 2.28 bits per heavy atom. The number of primary sulfonamides is 1. The van der Waals surface area contributed by atoms with Gasteiger partial charge < -0.3 is 9.64 Å². The second-order valence-electron chi connectivity index (χ2n) is 5.73. The van der Waals surface area contributed by atoms with Crippen molar-refractivity contribution in [3.05, 3.63) is 41.5 Å². The molecule has 138 valence electrons. The maximum absolute atomic E-state index is 12.3. The van der Waals surface area contributed by atoms with Crippen LogP contribution in [0.5, 0.6) is 0 Å². The number of allylic oxidation sites excluding steroid dienone is 1. The Morgan fingerprint density at radius 1 is 1.20 bits per heavy atom. The molecule has 0 atom stereocenters. The molecule has 7 nitrogen and oxygen atoms in total. The first-order valence-electron chi connectivity index (χ1n) is 7.84. The third-order valence-electron chi connectivity index (χ3n) is 3.24. The predicted molar refractivity (Wildman–Crippen MR) is 93.9 cm³/mol. The van der Waals surface area contributed by atoms with Crippen LogP contribution in [0.2, 0.25) is 0 Å². The summed E-state index contributed by atoms with van der Waals surface area (Å²) in [7, 11) is -3.76. The Bertz CT molecular complexity index is 735. The molecule has 0 saturated heterocycles. The molecule has 0 saturated carbocycles. The van der Waals surface area contributed by atoms with Crippen molar-refractivity contribution in [1.29, 1.82) is 0 Å². The van der Waals surface area contributed by atoms with Gasteiger partial charge >= 0.3 is 5.97 Å². The lowest BCUT2D eigenvalue weighted by molar-refractivity contribution is -0.143. The first-order chi connectivity index (χ1) is 11.6. The van der Waals surface area contributed by atoms with Gasteiger partial charge in [-0.25, -0.2) is 13.6 Å². The van der Waals surface area contributed by atoms with Crippen LogP contribution in [0, 0.1) is 0 Å². The third kappa shape index (κ3) is 7.49. The van der Waals surface area contributed by atoms with Crippen LogP contribution in [0.15, 0.2) is 40.8 Å². The number of sulfonamides is 1. The second kappa shape index (κ2) is 9.33. The van der Waals surface area contributed by atoms with Crippen molar-refractivity contribution in [3.8, 4) is 0 Å². The molecule has 0 fully saturated rings. The molecule has 8 heteroatoms. The van der Waals surface area contributed by atoms with Crippen LogP contribution in [-0.2, 0) is 30.9 Å². The quantitative estimate of drug-likeness (QED) is 0.554. The predicted octanol–water partition coefficient (Wildman–Crippen LogP) is 1.58. The van der Waals surface area contributed by atoms with Crippen molar-refractivity contribution >= 4 is 21.9 Å². The zero-order valence-corrected chi connectivity index (χ0v) is 15.5. The summed E-state index contributed by atoms with van der Waals surface area (Å²) in [6.45, 7) is 6.07. The third-order valence-corrected chi connectivity index (χ3v) is 4.17. The lowest BCUT2D eigenvalue weighted by Gasteiger charge is -2.21. The van der Waals surface area contributed by atoms with Crippen molar-refractivity contribution in [2.45, 2.75) is 38.6 Å². The van der Waals surface area contributed by atoms with Crippen molar-refractivity contribution in [3.63, 3.8) is 0 Å². The molecule has 0 spiro atoms. The minimum absolute atomic E-state index is 0.00458. The Hall–Kier alpha value is -2.19. The summed E-state index contributed by atoms with van der Waals surface area (Å²) in [6, 6.07) is 5.96. The van der Waals surface area contributed by atoms with Crippen molar-refractivity contribution in [2.24, 2.45) is 5.14 Å². The minimum atomic E-state index is -3.76. The Balaban J connectivity index is 2.90. The molecule has 0 aliphatic carbocycles. The van der Waals surface area contributed by atoms with E-state index in [1.807, 2.05) is 13.8 Å². The smallest absolute Gasteiger partial charge is 0.307 e. The fraction of sp³-hybridized carbons (Fsp3) is 0.412. The summed E-state index contributed by atoms with van der Waals surface area (Å²) in [5, 5.41) is 5.07. The fourth-order valence-corrected chi connectivity index (χ4v) is 2.59. The van der Waals surface area contributed by atoms with E-state index in [9.17, 15) is 18.0 Å². The van der Waals surface area contributed by atoms with E-state index in [1.54, 1.807) is 19.1 Å². The van der Waals surface area contributed by atoms with Crippen LogP contribution in [0.25, 0.3) is 0 Å². The highest BCUT2D eigenvalue weighted by Gasteiger charge is 2.15. The molecule has 1 aromatic rings. The van der Waals surface area contributed by atoms with Crippen LogP contribution in [-0.4, -0.2) is 38.3 Å². The molecule has 0 bridgehead atoms. The molecule has 0 heterocycles. The van der Waals surface area contributed by atoms with E-state index in [0.717, 1.165) is 11.1 Å². The highest BCUT2D eigenvalue weighted by Crippen LogP contribution is 2.12. The lowest BCUT2D eigenvalue weighted by Crippen LogP contribution is -2.31. The number of nitrogens with zero attached hydrogens (tertiary/aromatic N) is 1. The van der Waals surface area contributed by atoms with E-state index in [2.05, 4.69) is 0 Å². The maximum atomic E-state index is 12.3. The zero-order chi connectivity index (χ0) is 19.0. The van der Waals surface area contributed by atoms with Crippen LogP contribution >= 0.6 is 0 Å². The van der Waals surface area contributed by atoms with Gasteiger partial charge in [0.1, 0.15) is 0 Å². The number of hydrogen-bond acceptors (Lipinski definition) is 5. The van der Waals surface area contributed by atoms with E-state index in [-0.39, 0.29) is 42.9 Å². The van der Waals surface area contributed by atoms with Gasteiger partial charge in [0.05, 0.1) is 17.9 Å². The molecule has 2 N–H and O–H groups in total. The number of esters is 1. The van der Waals surface area contributed by atoms with Crippen molar-refractivity contribution < 1.29 is 22.7 Å². The molecule has 0 aliphatic rings. The van der Waals surface area contributed by atoms with Crippen LogP contribution < -0.4 is 5.14 Å². The van der Waals surface area contributed by atoms with Gasteiger partial charge in [0.25, 0.3) is 0 Å². The molecule has 1 aromatic carbocycles. The van der Waals surface area contributed by atoms with Crippen LogP contribution in [0.3, 0.4) is 0 Å². The van der Waals surface area contributed by atoms with E-state index in [1.165, 1.54) is 23.1 Å². The van der Waals surface area contributed by atoms with Gasteiger partial charge in [-0.3, -0.25) is 9.59 Å². The van der Waals surface area contributed by atoms with E-state index in [0.29, 0.717) is 0 Å². The number of nitrogens with two attached hydrogens (primary N) is 1. The van der Waals surface area contributed by atoms with Gasteiger partial charge in [0.15, 0.2) is 0 Å². The number of benzene rings is 1. The first kappa shape index (κ1) is 20.9. The van der Waals surface area contributed by atoms with Gasteiger partial charge in [-0.2, -0.15) is 0 Å². The monoisotopic (exact) mass is 368 g/mol. The molecule has 0 unspecified atom stereocenters. The van der Waals surface area contributed by atoms with E-state index < -0.39 is 10.0 Å². The number of amides is 1. The summed E-state index contributed by atoms with van der Waals surface area (Å²) < 4.78 is 27.5. The fourth-order valence-electron chi connectivity index (χ4n) is 2.07. The Kier molecular flexibility index (Phi) is 7.79. The molecular weight excluding hydrogens is 344 g/mol. The summed E-state index contributed by atoms with van der Waals surface area (Å²) in [6.07, 6.45) is 1.58. The highest BCUT2D eigenvalue weighted by atomic mass is 32.2. The largest absolute Gasteiger partial charge is 0.466 e. The summed E-state index contributed by atoms with van der Waals surface area (Å²) in [5.41, 5.74) is 1.57. The van der Waals surface area contributed by atoms with Gasteiger partial charge in [-0.15, -0.1) is 0 Å². The molecular formula is C17H24N2O5S. The number of ether oxygens (including phenoxy) is 1. The van der Waals surface area contributed by atoms with Gasteiger partial charge in [-0.1, -0.05) is 17.7 Å².